The molecule has 2 heterocycles. The molecule has 26 heavy (non-hydrogen) atoms. The quantitative estimate of drug-likeness (QED) is 0.747. The molecule has 0 spiro atoms. The maximum atomic E-state index is 12.4. The number of hydrogen-bond donors (Lipinski definition) is 1. The van der Waals surface area contributed by atoms with Gasteiger partial charge in [0.05, 0.1) is 27.6 Å². The molecular formula is C18H12N4O3S. The van der Waals surface area contributed by atoms with E-state index in [2.05, 4.69) is 14.4 Å². The van der Waals surface area contributed by atoms with E-state index in [1.807, 2.05) is 19.1 Å². The van der Waals surface area contributed by atoms with E-state index in [0.29, 0.717) is 16.5 Å². The molecule has 8 heteroatoms. The Morgan fingerprint density at radius 2 is 1.96 bits per heavy atom. The summed E-state index contributed by atoms with van der Waals surface area (Å²) in [6.45, 7) is 1.86. The predicted octanol–water partition coefficient (Wildman–Crippen LogP) is 2.03. The number of sulfonamides is 1. The highest BCUT2D eigenvalue weighted by molar-refractivity contribution is 7.90. The third-order valence-electron chi connectivity index (χ3n) is 4.21. The van der Waals surface area contributed by atoms with Crippen LogP contribution in [0.3, 0.4) is 0 Å². The first-order chi connectivity index (χ1) is 12.4. The van der Waals surface area contributed by atoms with E-state index in [1.54, 1.807) is 30.3 Å². The van der Waals surface area contributed by atoms with Crippen LogP contribution >= 0.6 is 0 Å². The monoisotopic (exact) mass is 364 g/mol. The molecule has 0 radical (unpaired) electrons. The van der Waals surface area contributed by atoms with E-state index in [9.17, 15) is 18.5 Å². The van der Waals surface area contributed by atoms with E-state index < -0.39 is 15.9 Å². The van der Waals surface area contributed by atoms with Crippen LogP contribution in [0.2, 0.25) is 0 Å². The second kappa shape index (κ2) is 5.61. The van der Waals surface area contributed by atoms with Crippen molar-refractivity contribution in [3.8, 4) is 6.07 Å². The standard InChI is InChI=1S/C18H12N4O3S/c1-10-6-7-14-12(8-10)18(23)21-17(20-14)13(9-19)16-11-4-2-3-5-15(11)26(24,25)22-16/h2-8,13H,1H3,(H,20,21,23)/t13-/m0/s1. The Hall–Kier alpha value is -3.31. The molecule has 0 unspecified atom stereocenters. The predicted molar refractivity (Wildman–Crippen MR) is 95.6 cm³/mol. The lowest BCUT2D eigenvalue weighted by Crippen LogP contribution is -2.19. The van der Waals surface area contributed by atoms with E-state index in [4.69, 9.17) is 0 Å². The van der Waals surface area contributed by atoms with E-state index >= 15 is 0 Å². The van der Waals surface area contributed by atoms with Crippen molar-refractivity contribution in [1.29, 1.82) is 5.26 Å². The summed E-state index contributed by atoms with van der Waals surface area (Å²) in [6, 6.07) is 13.5. The van der Waals surface area contributed by atoms with E-state index in [1.165, 1.54) is 6.07 Å². The van der Waals surface area contributed by atoms with Gasteiger partial charge in [0.2, 0.25) is 0 Å². The van der Waals surface area contributed by atoms with Gasteiger partial charge in [0, 0.05) is 5.56 Å². The van der Waals surface area contributed by atoms with Gasteiger partial charge in [-0.15, -0.1) is 0 Å². The Balaban J connectivity index is 1.93. The van der Waals surface area contributed by atoms with Gasteiger partial charge in [0.25, 0.3) is 15.6 Å². The number of rotatable bonds is 2. The van der Waals surface area contributed by atoms with Crippen LogP contribution in [-0.4, -0.2) is 24.1 Å². The van der Waals surface area contributed by atoms with Crippen molar-refractivity contribution in [3.05, 3.63) is 69.8 Å². The number of aryl methyl sites for hydroxylation is 1. The average Bonchev–Trinajstić information content (AvgIpc) is 2.88. The van der Waals surface area contributed by atoms with Crippen molar-refractivity contribution in [2.45, 2.75) is 17.7 Å². The van der Waals surface area contributed by atoms with Crippen molar-refractivity contribution < 1.29 is 8.42 Å². The van der Waals surface area contributed by atoms with Gasteiger partial charge in [-0.1, -0.05) is 29.8 Å². The van der Waals surface area contributed by atoms with E-state index in [-0.39, 0.29) is 22.0 Å². The Bertz CT molecular complexity index is 1300. The molecule has 3 aromatic rings. The van der Waals surface area contributed by atoms with Gasteiger partial charge in [0.15, 0.2) is 0 Å². The summed E-state index contributed by atoms with van der Waals surface area (Å²) >= 11 is 0. The zero-order valence-electron chi connectivity index (χ0n) is 13.6. The fourth-order valence-electron chi connectivity index (χ4n) is 3.00. The molecule has 1 atom stereocenters. The molecule has 7 nitrogen and oxygen atoms in total. The zero-order chi connectivity index (χ0) is 18.5. The van der Waals surface area contributed by atoms with Crippen molar-refractivity contribution in [3.63, 3.8) is 0 Å². The number of fused-ring (bicyclic) bond motifs is 2. The normalized spacial score (nSPS) is 15.9. The SMILES string of the molecule is Cc1ccc2nc([C@@H](C#N)C3=NS(=O)(=O)c4ccccc43)[nH]c(=O)c2c1. The van der Waals surface area contributed by atoms with Crippen LogP contribution in [0.5, 0.6) is 0 Å². The van der Waals surface area contributed by atoms with Gasteiger partial charge in [-0.2, -0.15) is 18.1 Å². The van der Waals surface area contributed by atoms with Gasteiger partial charge in [0.1, 0.15) is 11.7 Å². The van der Waals surface area contributed by atoms with Crippen LogP contribution in [-0.2, 0) is 10.0 Å². The largest absolute Gasteiger partial charge is 0.309 e. The smallest absolute Gasteiger partial charge is 0.283 e. The summed E-state index contributed by atoms with van der Waals surface area (Å²) in [6.07, 6.45) is 0. The number of hydrogen-bond acceptors (Lipinski definition) is 5. The minimum absolute atomic E-state index is 0.0500. The first kappa shape index (κ1) is 16.2. The average molecular weight is 364 g/mol. The molecule has 0 bridgehead atoms. The van der Waals surface area contributed by atoms with Crippen LogP contribution < -0.4 is 5.56 Å². The highest BCUT2D eigenvalue weighted by atomic mass is 32.2. The Labute approximate surface area is 148 Å². The molecule has 4 rings (SSSR count). The Kier molecular flexibility index (Phi) is 3.49. The fourth-order valence-corrected chi connectivity index (χ4v) is 4.26. The summed E-state index contributed by atoms with van der Waals surface area (Å²) in [7, 11) is -3.86. The number of aromatic nitrogens is 2. The van der Waals surface area contributed by atoms with Crippen LogP contribution in [0.4, 0.5) is 0 Å². The number of H-pyrrole nitrogens is 1. The Morgan fingerprint density at radius 3 is 2.73 bits per heavy atom. The molecule has 1 N–H and O–H groups in total. The number of nitriles is 1. The topological polar surface area (TPSA) is 116 Å². The third-order valence-corrected chi connectivity index (χ3v) is 5.56. The van der Waals surface area contributed by atoms with Gasteiger partial charge < -0.3 is 4.98 Å². The van der Waals surface area contributed by atoms with Crippen LogP contribution in [0.25, 0.3) is 10.9 Å². The van der Waals surface area contributed by atoms with Gasteiger partial charge in [-0.25, -0.2) is 4.98 Å². The minimum Gasteiger partial charge on any atom is -0.309 e. The lowest BCUT2D eigenvalue weighted by atomic mass is 9.97. The summed E-state index contributed by atoms with van der Waals surface area (Å²) in [5.74, 6) is -1.04. The maximum absolute atomic E-state index is 12.4. The Morgan fingerprint density at radius 1 is 1.19 bits per heavy atom. The lowest BCUT2D eigenvalue weighted by molar-refractivity contribution is 0.599. The zero-order valence-corrected chi connectivity index (χ0v) is 14.4. The first-order valence-corrected chi connectivity index (χ1v) is 9.19. The van der Waals surface area contributed by atoms with Crippen LogP contribution in [0, 0.1) is 18.3 Å². The first-order valence-electron chi connectivity index (χ1n) is 7.75. The molecule has 0 saturated carbocycles. The summed E-state index contributed by atoms with van der Waals surface area (Å²) in [5, 5.41) is 10.1. The van der Waals surface area contributed by atoms with Crippen molar-refractivity contribution in [2.24, 2.45) is 4.40 Å². The van der Waals surface area contributed by atoms with Crippen molar-refractivity contribution >= 4 is 26.6 Å². The van der Waals surface area contributed by atoms with Gasteiger partial charge in [-0.3, -0.25) is 4.79 Å². The van der Waals surface area contributed by atoms with Crippen molar-refractivity contribution in [1.82, 2.24) is 9.97 Å². The molecule has 128 valence electrons. The second-order valence-corrected chi connectivity index (χ2v) is 7.55. The molecule has 1 aliphatic rings. The van der Waals surface area contributed by atoms with Gasteiger partial charge in [-0.05, 0) is 25.1 Å². The summed E-state index contributed by atoms with van der Waals surface area (Å²) < 4.78 is 28.2. The molecule has 0 fully saturated rings. The minimum atomic E-state index is -3.86. The molecule has 0 aliphatic carbocycles. The molecule has 1 aromatic heterocycles. The van der Waals surface area contributed by atoms with E-state index in [0.717, 1.165) is 5.56 Å². The molecule has 0 saturated heterocycles. The van der Waals surface area contributed by atoms with Crippen LogP contribution in [0.15, 0.2) is 56.6 Å². The van der Waals surface area contributed by atoms with Crippen molar-refractivity contribution in [2.75, 3.05) is 0 Å². The van der Waals surface area contributed by atoms with Crippen LogP contribution in [0.1, 0.15) is 22.9 Å². The number of benzene rings is 2. The second-order valence-electron chi connectivity index (χ2n) is 5.98. The molecule has 2 aromatic carbocycles. The summed E-state index contributed by atoms with van der Waals surface area (Å²) in [4.78, 5) is 19.4. The summed E-state index contributed by atoms with van der Waals surface area (Å²) in [5.41, 5.74) is 1.38. The molecule has 1 aliphatic heterocycles. The molecular weight excluding hydrogens is 352 g/mol. The highest BCUT2D eigenvalue weighted by Crippen LogP contribution is 2.31. The lowest BCUT2D eigenvalue weighted by Gasteiger charge is -2.10. The number of nitrogens with zero attached hydrogens (tertiary/aromatic N) is 3. The highest BCUT2D eigenvalue weighted by Gasteiger charge is 2.34. The molecule has 0 amide bonds. The third kappa shape index (κ3) is 2.41. The van der Waals surface area contributed by atoms with Gasteiger partial charge >= 0.3 is 0 Å². The number of nitrogens with one attached hydrogen (secondary N) is 1. The maximum Gasteiger partial charge on any atom is 0.283 e. The fraction of sp³-hybridized carbons (Fsp3) is 0.111. The number of aromatic amines is 1.